The third kappa shape index (κ3) is 4.28. The fourth-order valence-electron chi connectivity index (χ4n) is 3.23. The molecular weight excluding hydrogens is 322 g/mol. The molecule has 0 radical (unpaired) electrons. The smallest absolute Gasteiger partial charge is 0.308 e. The molecule has 7 nitrogen and oxygen atoms in total. The van der Waals surface area contributed by atoms with Crippen LogP contribution in [0.3, 0.4) is 0 Å². The van der Waals surface area contributed by atoms with E-state index in [1.165, 1.54) is 7.11 Å². The summed E-state index contributed by atoms with van der Waals surface area (Å²) in [5.74, 6) is -0.785. The lowest BCUT2D eigenvalue weighted by Gasteiger charge is -2.33. The molecule has 1 heterocycles. The predicted molar refractivity (Wildman–Crippen MR) is 94.7 cm³/mol. The lowest BCUT2D eigenvalue weighted by atomic mass is 9.80. The fraction of sp³-hybridized carbons (Fsp3) is 0.611. The van der Waals surface area contributed by atoms with E-state index in [0.29, 0.717) is 24.9 Å². The van der Waals surface area contributed by atoms with Crippen molar-refractivity contribution in [2.24, 2.45) is 5.92 Å². The van der Waals surface area contributed by atoms with Crippen molar-refractivity contribution in [2.75, 3.05) is 27.7 Å². The Kier molecular flexibility index (Phi) is 6.00. The van der Waals surface area contributed by atoms with Gasteiger partial charge in [0.15, 0.2) is 0 Å². The summed E-state index contributed by atoms with van der Waals surface area (Å²) in [5.41, 5.74) is 0.546. The Morgan fingerprint density at radius 2 is 2.04 bits per heavy atom. The topological polar surface area (TPSA) is 80.6 Å². The number of likely N-dealkylation sites (N-methyl/N-ethyl adjacent to an activating group) is 1. The van der Waals surface area contributed by atoms with Gasteiger partial charge in [-0.15, -0.1) is 0 Å². The molecule has 7 heteroatoms. The number of ether oxygens (including phenoxy) is 1. The summed E-state index contributed by atoms with van der Waals surface area (Å²) in [6.45, 7) is 4.41. The standard InChI is InChI=1S/C18H27N3O4/c1-11-6-7-21(12(2)10-20(3)4)17(23)15(11)16(22)19-14-8-13(9-14)18(24)25-5/h6-7,12-14H,8-10H2,1-5H3,(H,19,22). The van der Waals surface area contributed by atoms with Crippen LogP contribution in [-0.4, -0.2) is 55.1 Å². The molecule has 0 bridgehead atoms. The zero-order valence-electron chi connectivity index (χ0n) is 15.5. The van der Waals surface area contributed by atoms with Crippen molar-refractivity contribution in [3.63, 3.8) is 0 Å². The number of hydrogen-bond acceptors (Lipinski definition) is 5. The molecule has 25 heavy (non-hydrogen) atoms. The molecule has 2 rings (SSSR count). The first-order valence-corrected chi connectivity index (χ1v) is 8.49. The minimum Gasteiger partial charge on any atom is -0.469 e. The van der Waals surface area contributed by atoms with Crippen LogP contribution >= 0.6 is 0 Å². The number of carbonyl (C=O) groups is 2. The average Bonchev–Trinajstić information content (AvgIpc) is 2.48. The molecule has 0 aromatic carbocycles. The van der Waals surface area contributed by atoms with E-state index in [9.17, 15) is 14.4 Å². The van der Waals surface area contributed by atoms with Crippen molar-refractivity contribution < 1.29 is 14.3 Å². The van der Waals surface area contributed by atoms with Crippen molar-refractivity contribution >= 4 is 11.9 Å². The second-order valence-corrected chi connectivity index (χ2v) is 7.06. The van der Waals surface area contributed by atoms with Crippen LogP contribution < -0.4 is 10.9 Å². The average molecular weight is 349 g/mol. The number of pyridine rings is 1. The highest BCUT2D eigenvalue weighted by Crippen LogP contribution is 2.28. The molecule has 0 aliphatic heterocycles. The van der Waals surface area contributed by atoms with Gasteiger partial charge in [0.25, 0.3) is 11.5 Å². The summed E-state index contributed by atoms with van der Waals surface area (Å²) in [6, 6.07) is 1.66. The summed E-state index contributed by atoms with van der Waals surface area (Å²) in [7, 11) is 5.24. The minimum absolute atomic E-state index is 0.0398. The summed E-state index contributed by atoms with van der Waals surface area (Å²) >= 11 is 0. The van der Waals surface area contributed by atoms with Crippen LogP contribution in [0.1, 0.15) is 41.7 Å². The summed E-state index contributed by atoms with van der Waals surface area (Å²) in [6.07, 6.45) is 2.84. The quantitative estimate of drug-likeness (QED) is 0.774. The first-order valence-electron chi connectivity index (χ1n) is 8.49. The van der Waals surface area contributed by atoms with E-state index < -0.39 is 0 Å². The van der Waals surface area contributed by atoms with Gasteiger partial charge in [-0.25, -0.2) is 0 Å². The van der Waals surface area contributed by atoms with Gasteiger partial charge >= 0.3 is 5.97 Å². The predicted octanol–water partition coefficient (Wildman–Crippen LogP) is 0.961. The number of esters is 1. The van der Waals surface area contributed by atoms with Crippen LogP contribution in [0.4, 0.5) is 0 Å². The van der Waals surface area contributed by atoms with E-state index in [0.717, 1.165) is 0 Å². The van der Waals surface area contributed by atoms with Gasteiger partial charge < -0.3 is 19.5 Å². The lowest BCUT2D eigenvalue weighted by molar-refractivity contribution is -0.149. The monoisotopic (exact) mass is 349 g/mol. The van der Waals surface area contributed by atoms with E-state index in [4.69, 9.17) is 4.74 Å². The lowest BCUT2D eigenvalue weighted by Crippen LogP contribution is -2.48. The van der Waals surface area contributed by atoms with Crippen molar-refractivity contribution in [3.8, 4) is 0 Å². The molecule has 138 valence electrons. The molecule has 1 N–H and O–H groups in total. The van der Waals surface area contributed by atoms with Gasteiger partial charge in [0.05, 0.1) is 13.0 Å². The first-order chi connectivity index (χ1) is 11.7. The SMILES string of the molecule is COC(=O)C1CC(NC(=O)c2c(C)ccn(C(C)CN(C)C)c2=O)C1. The third-order valence-electron chi connectivity index (χ3n) is 4.67. The normalized spacial score (nSPS) is 20.7. The van der Waals surface area contributed by atoms with E-state index >= 15 is 0 Å². The van der Waals surface area contributed by atoms with Crippen LogP contribution in [0.15, 0.2) is 17.1 Å². The molecule has 1 atom stereocenters. The molecule has 1 aromatic heterocycles. The molecular formula is C18H27N3O4. The van der Waals surface area contributed by atoms with Gasteiger partial charge in [0.1, 0.15) is 5.56 Å². The molecule has 0 spiro atoms. The fourth-order valence-corrected chi connectivity index (χ4v) is 3.23. The Balaban J connectivity index is 2.12. The van der Waals surface area contributed by atoms with Gasteiger partial charge in [0, 0.05) is 24.8 Å². The summed E-state index contributed by atoms with van der Waals surface area (Å²) in [5, 5.41) is 2.86. The maximum absolute atomic E-state index is 12.8. The number of hydrogen-bond donors (Lipinski definition) is 1. The largest absolute Gasteiger partial charge is 0.469 e. The molecule has 1 aromatic rings. The van der Waals surface area contributed by atoms with Crippen molar-refractivity contribution in [3.05, 3.63) is 33.7 Å². The van der Waals surface area contributed by atoms with E-state index in [1.807, 2.05) is 25.9 Å². The van der Waals surface area contributed by atoms with Crippen LogP contribution in [-0.2, 0) is 9.53 Å². The Morgan fingerprint density at radius 3 is 2.60 bits per heavy atom. The van der Waals surface area contributed by atoms with Gasteiger partial charge in [-0.1, -0.05) is 0 Å². The molecule has 0 saturated heterocycles. The minimum atomic E-state index is -0.373. The summed E-state index contributed by atoms with van der Waals surface area (Å²) < 4.78 is 6.29. The second-order valence-electron chi connectivity index (χ2n) is 7.06. The van der Waals surface area contributed by atoms with Crippen LogP contribution in [0.5, 0.6) is 0 Å². The number of rotatable bonds is 6. The zero-order valence-corrected chi connectivity index (χ0v) is 15.5. The molecule has 1 aliphatic carbocycles. The van der Waals surface area contributed by atoms with Crippen LogP contribution in [0.25, 0.3) is 0 Å². The highest BCUT2D eigenvalue weighted by Gasteiger charge is 2.36. The number of carbonyl (C=O) groups excluding carboxylic acids is 2. The van der Waals surface area contributed by atoms with Gasteiger partial charge in [-0.05, 0) is 52.4 Å². The van der Waals surface area contributed by atoms with Crippen LogP contribution in [0, 0.1) is 12.8 Å². The van der Waals surface area contributed by atoms with E-state index in [2.05, 4.69) is 5.32 Å². The van der Waals surface area contributed by atoms with Crippen LogP contribution in [0.2, 0.25) is 0 Å². The maximum Gasteiger partial charge on any atom is 0.308 e. The highest BCUT2D eigenvalue weighted by molar-refractivity contribution is 5.95. The van der Waals surface area contributed by atoms with Crippen molar-refractivity contribution in [2.45, 2.75) is 38.8 Å². The Labute approximate surface area is 148 Å². The number of aryl methyl sites for hydroxylation is 1. The summed E-state index contributed by atoms with van der Waals surface area (Å²) in [4.78, 5) is 38.8. The molecule has 1 unspecified atom stereocenters. The Morgan fingerprint density at radius 1 is 1.40 bits per heavy atom. The molecule has 1 saturated carbocycles. The Bertz CT molecular complexity index is 705. The third-order valence-corrected chi connectivity index (χ3v) is 4.67. The molecule has 1 amide bonds. The molecule has 1 aliphatic rings. The number of nitrogens with zero attached hydrogens (tertiary/aromatic N) is 2. The maximum atomic E-state index is 12.8. The van der Waals surface area contributed by atoms with Gasteiger partial charge in [-0.3, -0.25) is 14.4 Å². The van der Waals surface area contributed by atoms with Crippen molar-refractivity contribution in [1.82, 2.24) is 14.8 Å². The number of nitrogens with one attached hydrogen (secondary N) is 1. The zero-order chi connectivity index (χ0) is 18.7. The van der Waals surface area contributed by atoms with Crippen molar-refractivity contribution in [1.29, 1.82) is 0 Å². The second kappa shape index (κ2) is 7.82. The number of methoxy groups -OCH3 is 1. The molecule has 1 fully saturated rings. The number of amides is 1. The Hall–Kier alpha value is -2.15. The highest BCUT2D eigenvalue weighted by atomic mass is 16.5. The first kappa shape index (κ1) is 19.2. The van der Waals surface area contributed by atoms with E-state index in [1.54, 1.807) is 23.8 Å². The number of aromatic nitrogens is 1. The van der Waals surface area contributed by atoms with E-state index in [-0.39, 0.29) is 41.0 Å². The van der Waals surface area contributed by atoms with Gasteiger partial charge in [-0.2, -0.15) is 0 Å². The van der Waals surface area contributed by atoms with Gasteiger partial charge in [0.2, 0.25) is 0 Å².